The first kappa shape index (κ1) is 17.1. The van der Waals surface area contributed by atoms with Crippen molar-refractivity contribution in [3.63, 3.8) is 0 Å². The molecule has 0 spiro atoms. The standard InChI is InChI=1S/C19H18FN3OS/c1-11-8-12(2)17(13(3)9-11)16-10-25-19(22-16)23-18(24)21-15-7-5-4-6-14(15)20/h4-10H,1-3H3,(H2,21,22,23,24). The lowest BCUT2D eigenvalue weighted by Crippen LogP contribution is -2.19. The minimum Gasteiger partial charge on any atom is -0.305 e. The molecular formula is C19H18FN3OS. The monoisotopic (exact) mass is 355 g/mol. The van der Waals surface area contributed by atoms with Crippen LogP contribution in [0.2, 0.25) is 0 Å². The molecule has 4 nitrogen and oxygen atoms in total. The van der Waals surface area contributed by atoms with Crippen LogP contribution in [-0.2, 0) is 0 Å². The molecule has 0 aliphatic rings. The third kappa shape index (κ3) is 3.85. The van der Waals surface area contributed by atoms with Crippen LogP contribution >= 0.6 is 11.3 Å². The van der Waals surface area contributed by atoms with Crippen LogP contribution in [0.4, 0.5) is 20.0 Å². The Hall–Kier alpha value is -2.73. The molecule has 0 radical (unpaired) electrons. The Balaban J connectivity index is 1.76. The highest BCUT2D eigenvalue weighted by atomic mass is 32.1. The highest BCUT2D eigenvalue weighted by Gasteiger charge is 2.13. The molecule has 25 heavy (non-hydrogen) atoms. The second kappa shape index (κ2) is 7.03. The van der Waals surface area contributed by atoms with Gasteiger partial charge in [0.05, 0.1) is 11.4 Å². The summed E-state index contributed by atoms with van der Waals surface area (Å²) in [6, 6.07) is 9.71. The minimum absolute atomic E-state index is 0.127. The van der Waals surface area contributed by atoms with Gasteiger partial charge in [0.25, 0.3) is 0 Å². The number of aryl methyl sites for hydroxylation is 3. The topological polar surface area (TPSA) is 54.0 Å². The number of para-hydroxylation sites is 1. The fraction of sp³-hybridized carbons (Fsp3) is 0.158. The predicted octanol–water partition coefficient (Wildman–Crippen LogP) is 5.52. The van der Waals surface area contributed by atoms with E-state index in [-0.39, 0.29) is 5.69 Å². The molecule has 128 valence electrons. The molecule has 0 saturated carbocycles. The number of aromatic nitrogens is 1. The van der Waals surface area contributed by atoms with Gasteiger partial charge in [-0.3, -0.25) is 5.32 Å². The second-order valence-electron chi connectivity index (χ2n) is 5.87. The number of hydrogen-bond acceptors (Lipinski definition) is 3. The number of nitrogens with zero attached hydrogens (tertiary/aromatic N) is 1. The lowest BCUT2D eigenvalue weighted by molar-refractivity contribution is 0.262. The normalized spacial score (nSPS) is 10.6. The third-order valence-corrected chi connectivity index (χ3v) is 4.54. The number of thiazole rings is 1. The van der Waals surface area contributed by atoms with Gasteiger partial charge in [0.15, 0.2) is 5.13 Å². The zero-order valence-electron chi connectivity index (χ0n) is 14.2. The maximum atomic E-state index is 13.6. The van der Waals surface area contributed by atoms with Gasteiger partial charge < -0.3 is 5.32 Å². The number of hydrogen-bond donors (Lipinski definition) is 2. The second-order valence-corrected chi connectivity index (χ2v) is 6.73. The Kier molecular flexibility index (Phi) is 4.81. The number of halogens is 1. The fourth-order valence-corrected chi connectivity index (χ4v) is 3.54. The average molecular weight is 355 g/mol. The van der Waals surface area contributed by atoms with Gasteiger partial charge >= 0.3 is 6.03 Å². The summed E-state index contributed by atoms with van der Waals surface area (Å²) in [6.07, 6.45) is 0. The summed E-state index contributed by atoms with van der Waals surface area (Å²) in [5, 5.41) is 7.50. The number of carbonyl (C=O) groups is 1. The van der Waals surface area contributed by atoms with E-state index in [0.29, 0.717) is 5.13 Å². The highest BCUT2D eigenvalue weighted by Crippen LogP contribution is 2.31. The first-order chi connectivity index (χ1) is 11.9. The van der Waals surface area contributed by atoms with Crippen molar-refractivity contribution in [1.29, 1.82) is 0 Å². The number of rotatable bonds is 3. The van der Waals surface area contributed by atoms with Crippen molar-refractivity contribution < 1.29 is 9.18 Å². The van der Waals surface area contributed by atoms with Crippen LogP contribution in [0.1, 0.15) is 16.7 Å². The molecule has 0 bridgehead atoms. The largest absolute Gasteiger partial charge is 0.325 e. The van der Waals surface area contributed by atoms with Gasteiger partial charge in [0.1, 0.15) is 5.82 Å². The Labute approximate surface area is 149 Å². The molecule has 0 atom stereocenters. The van der Waals surface area contributed by atoms with Crippen molar-refractivity contribution >= 4 is 28.2 Å². The molecule has 1 aromatic heterocycles. The van der Waals surface area contributed by atoms with Crippen LogP contribution in [0.25, 0.3) is 11.3 Å². The third-order valence-electron chi connectivity index (χ3n) is 3.78. The minimum atomic E-state index is -0.525. The Morgan fingerprint density at radius 1 is 1.08 bits per heavy atom. The van der Waals surface area contributed by atoms with Crippen LogP contribution < -0.4 is 10.6 Å². The van der Waals surface area contributed by atoms with E-state index in [4.69, 9.17) is 0 Å². The van der Waals surface area contributed by atoms with E-state index in [1.54, 1.807) is 12.1 Å². The van der Waals surface area contributed by atoms with Crippen molar-refractivity contribution in [1.82, 2.24) is 4.98 Å². The van der Waals surface area contributed by atoms with Gasteiger partial charge in [0.2, 0.25) is 0 Å². The van der Waals surface area contributed by atoms with Crippen molar-refractivity contribution in [3.05, 3.63) is 64.3 Å². The van der Waals surface area contributed by atoms with Crippen LogP contribution in [0.15, 0.2) is 41.8 Å². The van der Waals surface area contributed by atoms with Gasteiger partial charge in [-0.15, -0.1) is 11.3 Å². The van der Waals surface area contributed by atoms with Gasteiger partial charge in [-0.2, -0.15) is 0 Å². The summed E-state index contributed by atoms with van der Waals surface area (Å²) in [6.45, 7) is 6.16. The first-order valence-electron chi connectivity index (χ1n) is 7.80. The maximum Gasteiger partial charge on any atom is 0.325 e. The number of amides is 2. The lowest BCUT2D eigenvalue weighted by atomic mass is 9.98. The molecule has 1 heterocycles. The van der Waals surface area contributed by atoms with Crippen LogP contribution in [0.3, 0.4) is 0 Å². The number of benzene rings is 2. The highest BCUT2D eigenvalue weighted by molar-refractivity contribution is 7.14. The molecule has 2 N–H and O–H groups in total. The zero-order chi connectivity index (χ0) is 18.0. The fourth-order valence-electron chi connectivity index (χ4n) is 2.84. The van der Waals surface area contributed by atoms with E-state index in [0.717, 1.165) is 22.4 Å². The van der Waals surface area contributed by atoms with Gasteiger partial charge in [-0.05, 0) is 44.0 Å². The number of anilines is 2. The van der Waals surface area contributed by atoms with Gasteiger partial charge in [0, 0.05) is 10.9 Å². The number of nitrogens with one attached hydrogen (secondary N) is 2. The van der Waals surface area contributed by atoms with Crippen molar-refractivity contribution in [2.75, 3.05) is 10.6 Å². The summed E-state index contributed by atoms with van der Waals surface area (Å²) in [7, 11) is 0. The molecular weight excluding hydrogens is 337 g/mol. The Morgan fingerprint density at radius 3 is 2.44 bits per heavy atom. The van der Waals surface area contributed by atoms with Crippen LogP contribution in [-0.4, -0.2) is 11.0 Å². The molecule has 2 aromatic carbocycles. The zero-order valence-corrected chi connectivity index (χ0v) is 15.0. The van der Waals surface area contributed by atoms with E-state index >= 15 is 0 Å². The molecule has 6 heteroatoms. The lowest BCUT2D eigenvalue weighted by Gasteiger charge is -2.09. The van der Waals surface area contributed by atoms with Crippen LogP contribution in [0, 0.1) is 26.6 Å². The van der Waals surface area contributed by atoms with E-state index in [2.05, 4.69) is 34.7 Å². The maximum absolute atomic E-state index is 13.6. The summed E-state index contributed by atoms with van der Waals surface area (Å²) < 4.78 is 13.6. The van der Waals surface area contributed by atoms with Crippen molar-refractivity contribution in [2.45, 2.75) is 20.8 Å². The molecule has 0 unspecified atom stereocenters. The Bertz CT molecular complexity index is 913. The molecule has 0 aliphatic heterocycles. The summed E-state index contributed by atoms with van der Waals surface area (Å²) in [5.41, 5.74) is 5.51. The van der Waals surface area contributed by atoms with E-state index in [9.17, 15) is 9.18 Å². The number of urea groups is 1. The van der Waals surface area contributed by atoms with Gasteiger partial charge in [-0.1, -0.05) is 29.8 Å². The van der Waals surface area contributed by atoms with E-state index in [1.165, 1.54) is 29.0 Å². The Morgan fingerprint density at radius 2 is 1.76 bits per heavy atom. The molecule has 2 amide bonds. The molecule has 3 aromatic rings. The molecule has 3 rings (SSSR count). The van der Waals surface area contributed by atoms with Crippen LogP contribution in [0.5, 0.6) is 0 Å². The van der Waals surface area contributed by atoms with Gasteiger partial charge in [-0.25, -0.2) is 14.2 Å². The SMILES string of the molecule is Cc1cc(C)c(-c2csc(NC(=O)Nc3ccccc3F)n2)c(C)c1. The summed E-state index contributed by atoms with van der Waals surface area (Å²) >= 11 is 1.33. The average Bonchev–Trinajstić information content (AvgIpc) is 2.96. The summed E-state index contributed by atoms with van der Waals surface area (Å²) in [5.74, 6) is -0.483. The van der Waals surface area contributed by atoms with Crippen molar-refractivity contribution in [2.24, 2.45) is 0 Å². The van der Waals surface area contributed by atoms with E-state index < -0.39 is 11.8 Å². The number of carbonyl (C=O) groups excluding carboxylic acids is 1. The smallest absolute Gasteiger partial charge is 0.305 e. The molecule has 0 aliphatic carbocycles. The quantitative estimate of drug-likeness (QED) is 0.650. The molecule has 0 saturated heterocycles. The predicted molar refractivity (Wildman–Crippen MR) is 101 cm³/mol. The van der Waals surface area contributed by atoms with Crippen molar-refractivity contribution in [3.8, 4) is 11.3 Å². The first-order valence-corrected chi connectivity index (χ1v) is 8.68. The van der Waals surface area contributed by atoms with E-state index in [1.807, 2.05) is 19.2 Å². The molecule has 0 fully saturated rings. The summed E-state index contributed by atoms with van der Waals surface area (Å²) in [4.78, 5) is 16.5.